The van der Waals surface area contributed by atoms with Crippen LogP contribution in [0.2, 0.25) is 0 Å². The highest BCUT2D eigenvalue weighted by molar-refractivity contribution is 5.82. The molecule has 0 saturated heterocycles. The van der Waals surface area contributed by atoms with E-state index in [1.807, 2.05) is 0 Å². The molecule has 1 aliphatic heterocycles. The van der Waals surface area contributed by atoms with Crippen LogP contribution in [0, 0.1) is 11.9 Å². The SMILES string of the molecule is NC1=NC(c2c[c]ccc2F)(C(F)F)COC1. The molecular weight excluding hydrogens is 233 g/mol. The van der Waals surface area contributed by atoms with Gasteiger partial charge in [-0.1, -0.05) is 6.07 Å². The normalized spacial score (nSPS) is 24.8. The van der Waals surface area contributed by atoms with Crippen molar-refractivity contribution in [1.29, 1.82) is 0 Å². The molecule has 2 N–H and O–H groups in total. The molecule has 0 aliphatic carbocycles. The summed E-state index contributed by atoms with van der Waals surface area (Å²) < 4.78 is 44.9. The van der Waals surface area contributed by atoms with E-state index in [1.165, 1.54) is 6.07 Å². The Morgan fingerprint density at radius 2 is 2.29 bits per heavy atom. The Labute approximate surface area is 96.1 Å². The molecule has 1 aromatic rings. The molecule has 0 saturated carbocycles. The Kier molecular flexibility index (Phi) is 3.06. The molecule has 0 amide bonds. The van der Waals surface area contributed by atoms with Crippen LogP contribution < -0.4 is 5.73 Å². The zero-order valence-electron chi connectivity index (χ0n) is 8.79. The lowest BCUT2D eigenvalue weighted by Crippen LogP contribution is -2.45. The molecule has 91 valence electrons. The molecule has 0 spiro atoms. The Morgan fingerprint density at radius 3 is 2.88 bits per heavy atom. The second-order valence-electron chi connectivity index (χ2n) is 3.73. The van der Waals surface area contributed by atoms with Gasteiger partial charge in [-0.2, -0.15) is 0 Å². The first kappa shape index (κ1) is 11.9. The highest BCUT2D eigenvalue weighted by Gasteiger charge is 2.46. The van der Waals surface area contributed by atoms with Crippen LogP contribution in [-0.2, 0) is 10.3 Å². The van der Waals surface area contributed by atoms with E-state index in [9.17, 15) is 13.2 Å². The quantitative estimate of drug-likeness (QED) is 0.855. The predicted octanol–water partition coefficient (Wildman–Crippen LogP) is 1.47. The van der Waals surface area contributed by atoms with E-state index in [-0.39, 0.29) is 18.0 Å². The molecule has 17 heavy (non-hydrogen) atoms. The van der Waals surface area contributed by atoms with Gasteiger partial charge in [0.25, 0.3) is 6.43 Å². The largest absolute Gasteiger partial charge is 0.385 e. The van der Waals surface area contributed by atoms with Crippen molar-refractivity contribution in [2.75, 3.05) is 13.2 Å². The van der Waals surface area contributed by atoms with E-state index in [0.29, 0.717) is 0 Å². The lowest BCUT2D eigenvalue weighted by atomic mass is 9.90. The molecule has 2 rings (SSSR count). The first-order valence-corrected chi connectivity index (χ1v) is 4.92. The lowest BCUT2D eigenvalue weighted by molar-refractivity contribution is -0.0146. The average molecular weight is 243 g/mol. The molecule has 1 unspecified atom stereocenters. The third-order valence-electron chi connectivity index (χ3n) is 2.55. The van der Waals surface area contributed by atoms with Gasteiger partial charge >= 0.3 is 0 Å². The summed E-state index contributed by atoms with van der Waals surface area (Å²) in [5.74, 6) is -0.842. The summed E-state index contributed by atoms with van der Waals surface area (Å²) in [6.45, 7) is -0.424. The first-order valence-electron chi connectivity index (χ1n) is 4.92. The average Bonchev–Trinajstić information content (AvgIpc) is 2.29. The number of ether oxygens (including phenoxy) is 1. The van der Waals surface area contributed by atoms with Crippen LogP contribution in [0.5, 0.6) is 0 Å². The van der Waals surface area contributed by atoms with Gasteiger partial charge in [0.2, 0.25) is 0 Å². The van der Waals surface area contributed by atoms with Crippen LogP contribution >= 0.6 is 0 Å². The zero-order valence-corrected chi connectivity index (χ0v) is 8.79. The zero-order chi connectivity index (χ0) is 12.5. The van der Waals surface area contributed by atoms with Crippen LogP contribution in [0.3, 0.4) is 0 Å². The van der Waals surface area contributed by atoms with Crippen molar-refractivity contribution < 1.29 is 17.9 Å². The maximum absolute atomic E-state index is 13.6. The summed E-state index contributed by atoms with van der Waals surface area (Å²) in [5, 5.41) is 0. The number of benzene rings is 1. The minimum Gasteiger partial charge on any atom is -0.385 e. The molecule has 0 aromatic heterocycles. The maximum Gasteiger partial charge on any atom is 0.269 e. The van der Waals surface area contributed by atoms with Crippen LogP contribution in [0.1, 0.15) is 5.56 Å². The number of alkyl halides is 2. The molecule has 1 aromatic carbocycles. The second-order valence-corrected chi connectivity index (χ2v) is 3.73. The number of nitrogens with zero attached hydrogens (tertiary/aromatic N) is 1. The van der Waals surface area contributed by atoms with E-state index in [2.05, 4.69) is 11.1 Å². The number of halogens is 3. The molecule has 1 atom stereocenters. The summed E-state index contributed by atoms with van der Waals surface area (Å²) in [4.78, 5) is 3.70. The highest BCUT2D eigenvalue weighted by Crippen LogP contribution is 2.36. The molecule has 1 heterocycles. The number of hydrogen-bond donors (Lipinski definition) is 1. The first-order chi connectivity index (χ1) is 8.06. The van der Waals surface area contributed by atoms with E-state index in [4.69, 9.17) is 10.5 Å². The molecule has 6 heteroatoms. The summed E-state index contributed by atoms with van der Waals surface area (Å²) in [7, 11) is 0. The lowest BCUT2D eigenvalue weighted by Gasteiger charge is -2.33. The van der Waals surface area contributed by atoms with Crippen LogP contribution in [-0.4, -0.2) is 25.5 Å². The Morgan fingerprint density at radius 1 is 1.53 bits per heavy atom. The van der Waals surface area contributed by atoms with Crippen LogP contribution in [0.25, 0.3) is 0 Å². The summed E-state index contributed by atoms with van der Waals surface area (Å²) in [5.41, 5.74) is 3.08. The van der Waals surface area contributed by atoms with Gasteiger partial charge in [-0.3, -0.25) is 4.99 Å². The fraction of sp³-hybridized carbons (Fsp3) is 0.364. The van der Waals surface area contributed by atoms with Crippen molar-refractivity contribution in [2.24, 2.45) is 10.7 Å². The summed E-state index contributed by atoms with van der Waals surface area (Å²) in [6, 6.07) is 6.06. The van der Waals surface area contributed by atoms with Crippen molar-refractivity contribution in [2.45, 2.75) is 12.0 Å². The van der Waals surface area contributed by atoms with Gasteiger partial charge in [-0.25, -0.2) is 13.2 Å². The summed E-state index contributed by atoms with van der Waals surface area (Å²) in [6.07, 6.45) is -2.91. The fourth-order valence-electron chi connectivity index (χ4n) is 1.74. The Hall–Kier alpha value is -1.56. The monoisotopic (exact) mass is 243 g/mol. The molecule has 1 aliphatic rings. The number of nitrogens with two attached hydrogens (primary N) is 1. The minimum atomic E-state index is -2.91. The third-order valence-corrected chi connectivity index (χ3v) is 2.55. The van der Waals surface area contributed by atoms with Crippen LogP contribution in [0.15, 0.2) is 23.2 Å². The molecule has 0 bridgehead atoms. The van der Waals surface area contributed by atoms with Gasteiger partial charge in [0.1, 0.15) is 18.3 Å². The number of hydrogen-bond acceptors (Lipinski definition) is 3. The van der Waals surface area contributed by atoms with Crippen LogP contribution in [0.4, 0.5) is 13.2 Å². The van der Waals surface area contributed by atoms with Gasteiger partial charge in [0.05, 0.1) is 6.61 Å². The highest BCUT2D eigenvalue weighted by atomic mass is 19.3. The van der Waals surface area contributed by atoms with Crippen molar-refractivity contribution in [3.8, 4) is 0 Å². The molecule has 1 radical (unpaired) electrons. The van der Waals surface area contributed by atoms with Gasteiger partial charge in [-0.15, -0.1) is 0 Å². The smallest absolute Gasteiger partial charge is 0.269 e. The molecular formula is C11H10F3N2O. The van der Waals surface area contributed by atoms with E-state index in [1.54, 1.807) is 0 Å². The molecule has 0 fully saturated rings. The summed E-state index contributed by atoms with van der Waals surface area (Å²) >= 11 is 0. The van der Waals surface area contributed by atoms with Crippen molar-refractivity contribution in [3.05, 3.63) is 35.6 Å². The van der Waals surface area contributed by atoms with Gasteiger partial charge in [0, 0.05) is 5.56 Å². The van der Waals surface area contributed by atoms with Crippen molar-refractivity contribution in [1.82, 2.24) is 0 Å². The van der Waals surface area contributed by atoms with Gasteiger partial charge in [-0.05, 0) is 18.2 Å². The van der Waals surface area contributed by atoms with E-state index in [0.717, 1.165) is 12.1 Å². The standard InChI is InChI=1S/C11H10F3N2O/c12-8-4-2-1-3-7(8)11(10(13)14)6-17-5-9(15)16-11/h2-4,10H,5-6H2,(H2,15,16). The fourth-order valence-corrected chi connectivity index (χ4v) is 1.74. The topological polar surface area (TPSA) is 47.6 Å². The Balaban J connectivity index is 2.56. The maximum atomic E-state index is 13.6. The number of aliphatic imine (C=N–C) groups is 1. The third kappa shape index (κ3) is 2.00. The van der Waals surface area contributed by atoms with Crippen molar-refractivity contribution in [3.63, 3.8) is 0 Å². The van der Waals surface area contributed by atoms with Gasteiger partial charge in [0.15, 0.2) is 5.54 Å². The molecule has 3 nitrogen and oxygen atoms in total. The second kappa shape index (κ2) is 4.37. The Bertz CT molecular complexity index is 450. The number of amidine groups is 1. The van der Waals surface area contributed by atoms with Gasteiger partial charge < -0.3 is 10.5 Å². The van der Waals surface area contributed by atoms with E-state index < -0.39 is 24.4 Å². The van der Waals surface area contributed by atoms with E-state index >= 15 is 0 Å². The van der Waals surface area contributed by atoms with Crippen molar-refractivity contribution >= 4 is 5.84 Å². The minimum absolute atomic E-state index is 0.0212. The number of rotatable bonds is 2. The predicted molar refractivity (Wildman–Crippen MR) is 55.4 cm³/mol.